The molecule has 0 amide bonds. The first-order chi connectivity index (χ1) is 7.58. The maximum absolute atomic E-state index is 11.5. The molecule has 4 heteroatoms. The summed E-state index contributed by atoms with van der Waals surface area (Å²) in [5, 5.41) is 18.6. The molecule has 0 radical (unpaired) electrons. The van der Waals surface area contributed by atoms with Crippen molar-refractivity contribution in [2.45, 2.75) is 32.0 Å². The molecule has 0 bridgehead atoms. The van der Waals surface area contributed by atoms with Gasteiger partial charge in [0.2, 0.25) is 0 Å². The van der Waals surface area contributed by atoms with Gasteiger partial charge in [-0.2, -0.15) is 0 Å². The standard InChI is InChI=1S/C12H14O4/c1-7(13)2-5-11-10-6-8(14)3-4-9(10)12(15)16-11/h3-4,6-7,11,13-14H,2,5H2,1H3/t7-,11?/m1/s1. The lowest BCUT2D eigenvalue weighted by Gasteiger charge is -2.11. The second-order valence-electron chi connectivity index (χ2n) is 4.09. The summed E-state index contributed by atoms with van der Waals surface area (Å²) >= 11 is 0. The number of aromatic hydroxyl groups is 1. The van der Waals surface area contributed by atoms with Crippen LogP contribution >= 0.6 is 0 Å². The summed E-state index contributed by atoms with van der Waals surface area (Å²) in [7, 11) is 0. The van der Waals surface area contributed by atoms with Crippen LogP contribution in [0.3, 0.4) is 0 Å². The molecule has 1 aliphatic heterocycles. The van der Waals surface area contributed by atoms with Crippen LogP contribution in [0.5, 0.6) is 5.75 Å². The molecule has 0 saturated heterocycles. The van der Waals surface area contributed by atoms with Gasteiger partial charge in [-0.05, 0) is 38.0 Å². The minimum Gasteiger partial charge on any atom is -0.508 e. The van der Waals surface area contributed by atoms with Crippen LogP contribution < -0.4 is 0 Å². The minimum absolute atomic E-state index is 0.124. The van der Waals surface area contributed by atoms with Crippen LogP contribution in [0.1, 0.15) is 41.8 Å². The molecule has 16 heavy (non-hydrogen) atoms. The highest BCUT2D eigenvalue weighted by Gasteiger charge is 2.30. The molecule has 1 aliphatic rings. The normalized spacial score (nSPS) is 20.4. The van der Waals surface area contributed by atoms with E-state index < -0.39 is 6.10 Å². The van der Waals surface area contributed by atoms with Crippen molar-refractivity contribution in [1.82, 2.24) is 0 Å². The quantitative estimate of drug-likeness (QED) is 0.765. The summed E-state index contributed by atoms with van der Waals surface area (Å²) in [4.78, 5) is 11.5. The maximum atomic E-state index is 11.5. The molecule has 0 aliphatic carbocycles. The van der Waals surface area contributed by atoms with E-state index in [1.54, 1.807) is 19.1 Å². The molecule has 4 nitrogen and oxygen atoms in total. The Hall–Kier alpha value is -1.55. The molecule has 0 spiro atoms. The fourth-order valence-corrected chi connectivity index (χ4v) is 1.87. The van der Waals surface area contributed by atoms with Crippen LogP contribution in [0, 0.1) is 0 Å². The van der Waals surface area contributed by atoms with E-state index in [0.717, 1.165) is 0 Å². The van der Waals surface area contributed by atoms with Crippen molar-refractivity contribution in [2.24, 2.45) is 0 Å². The number of hydrogen-bond acceptors (Lipinski definition) is 4. The second kappa shape index (κ2) is 4.14. The first kappa shape index (κ1) is 11.0. The molecule has 0 fully saturated rings. The summed E-state index contributed by atoms with van der Waals surface area (Å²) < 4.78 is 5.18. The van der Waals surface area contributed by atoms with Gasteiger partial charge in [0.15, 0.2) is 0 Å². The first-order valence-electron chi connectivity index (χ1n) is 5.30. The van der Waals surface area contributed by atoms with E-state index in [0.29, 0.717) is 24.0 Å². The molecule has 0 saturated carbocycles. The van der Waals surface area contributed by atoms with E-state index in [9.17, 15) is 15.0 Å². The van der Waals surface area contributed by atoms with Crippen molar-refractivity contribution in [2.75, 3.05) is 0 Å². The van der Waals surface area contributed by atoms with Crippen molar-refractivity contribution < 1.29 is 19.7 Å². The number of phenolic OH excluding ortho intramolecular Hbond substituents is 1. The molecule has 1 aromatic rings. The minimum atomic E-state index is -0.417. The maximum Gasteiger partial charge on any atom is 0.339 e. The Morgan fingerprint density at radius 3 is 2.94 bits per heavy atom. The van der Waals surface area contributed by atoms with Crippen LogP contribution in [-0.2, 0) is 4.74 Å². The van der Waals surface area contributed by atoms with Gasteiger partial charge in [-0.3, -0.25) is 0 Å². The third-order valence-corrected chi connectivity index (χ3v) is 2.70. The van der Waals surface area contributed by atoms with Gasteiger partial charge in [-0.15, -0.1) is 0 Å². The van der Waals surface area contributed by atoms with E-state index in [4.69, 9.17) is 4.74 Å². The molecule has 1 aromatic carbocycles. The molecule has 2 atom stereocenters. The number of cyclic esters (lactones) is 1. The van der Waals surface area contributed by atoms with E-state index in [1.807, 2.05) is 0 Å². The van der Waals surface area contributed by atoms with Crippen molar-refractivity contribution in [3.8, 4) is 5.75 Å². The fourth-order valence-electron chi connectivity index (χ4n) is 1.87. The van der Waals surface area contributed by atoms with Gasteiger partial charge in [0.1, 0.15) is 11.9 Å². The number of hydrogen-bond donors (Lipinski definition) is 2. The summed E-state index contributed by atoms with van der Waals surface area (Å²) in [6, 6.07) is 4.58. The van der Waals surface area contributed by atoms with Gasteiger partial charge >= 0.3 is 5.97 Å². The van der Waals surface area contributed by atoms with Crippen molar-refractivity contribution in [3.63, 3.8) is 0 Å². The Labute approximate surface area is 93.5 Å². The fraction of sp³-hybridized carbons (Fsp3) is 0.417. The number of ether oxygens (including phenoxy) is 1. The summed E-state index contributed by atoms with van der Waals surface area (Å²) in [5.41, 5.74) is 1.22. The van der Waals surface area contributed by atoms with Gasteiger partial charge in [-0.1, -0.05) is 0 Å². The molecular weight excluding hydrogens is 208 g/mol. The van der Waals surface area contributed by atoms with Crippen LogP contribution in [0.2, 0.25) is 0 Å². The number of carbonyl (C=O) groups is 1. The molecule has 1 heterocycles. The zero-order valence-corrected chi connectivity index (χ0v) is 9.01. The van der Waals surface area contributed by atoms with Gasteiger partial charge < -0.3 is 14.9 Å². The van der Waals surface area contributed by atoms with Crippen molar-refractivity contribution in [3.05, 3.63) is 29.3 Å². The Morgan fingerprint density at radius 2 is 2.25 bits per heavy atom. The smallest absolute Gasteiger partial charge is 0.339 e. The first-order valence-corrected chi connectivity index (χ1v) is 5.30. The van der Waals surface area contributed by atoms with Gasteiger partial charge in [0.25, 0.3) is 0 Å². The van der Waals surface area contributed by atoms with Crippen LogP contribution in [0.4, 0.5) is 0 Å². The van der Waals surface area contributed by atoms with Gasteiger partial charge in [-0.25, -0.2) is 4.79 Å². The van der Waals surface area contributed by atoms with E-state index >= 15 is 0 Å². The predicted molar refractivity (Wildman–Crippen MR) is 57.2 cm³/mol. The summed E-state index contributed by atoms with van der Waals surface area (Å²) in [6.45, 7) is 1.69. The highest BCUT2D eigenvalue weighted by Crippen LogP contribution is 2.35. The third-order valence-electron chi connectivity index (χ3n) is 2.70. The van der Waals surface area contributed by atoms with Crippen molar-refractivity contribution >= 4 is 5.97 Å². The van der Waals surface area contributed by atoms with Crippen LogP contribution in [0.15, 0.2) is 18.2 Å². The number of esters is 1. The number of benzene rings is 1. The van der Waals surface area contributed by atoms with Gasteiger partial charge in [0.05, 0.1) is 11.7 Å². The largest absolute Gasteiger partial charge is 0.508 e. The lowest BCUT2D eigenvalue weighted by atomic mass is 10.0. The molecule has 0 aromatic heterocycles. The summed E-state index contributed by atoms with van der Waals surface area (Å²) in [6.07, 6.45) is 0.372. The Kier molecular flexibility index (Phi) is 2.83. The van der Waals surface area contributed by atoms with E-state index in [-0.39, 0.29) is 17.8 Å². The number of aliphatic hydroxyl groups excluding tert-OH is 1. The number of phenols is 1. The lowest BCUT2D eigenvalue weighted by Crippen LogP contribution is -2.05. The monoisotopic (exact) mass is 222 g/mol. The third kappa shape index (κ3) is 2.02. The Balaban J connectivity index is 2.21. The number of aliphatic hydroxyl groups is 1. The molecule has 1 unspecified atom stereocenters. The SMILES string of the molecule is C[C@@H](O)CCC1OC(=O)c2ccc(O)cc21. The molecule has 2 N–H and O–H groups in total. The van der Waals surface area contributed by atoms with Crippen LogP contribution in [0.25, 0.3) is 0 Å². The second-order valence-corrected chi connectivity index (χ2v) is 4.09. The molecule has 2 rings (SSSR count). The lowest BCUT2D eigenvalue weighted by molar-refractivity contribution is 0.0332. The van der Waals surface area contributed by atoms with E-state index in [1.165, 1.54) is 6.07 Å². The van der Waals surface area contributed by atoms with E-state index in [2.05, 4.69) is 0 Å². The number of carbonyl (C=O) groups excluding carboxylic acids is 1. The Bertz CT molecular complexity index is 411. The predicted octanol–water partition coefficient (Wildman–Crippen LogP) is 1.76. The topological polar surface area (TPSA) is 66.8 Å². The molecular formula is C12H14O4. The zero-order chi connectivity index (χ0) is 11.7. The number of rotatable bonds is 3. The van der Waals surface area contributed by atoms with Gasteiger partial charge in [0, 0.05) is 5.56 Å². The Morgan fingerprint density at radius 1 is 1.50 bits per heavy atom. The highest BCUT2D eigenvalue weighted by molar-refractivity contribution is 5.94. The average Bonchev–Trinajstić information content (AvgIpc) is 2.52. The molecule has 86 valence electrons. The number of fused-ring (bicyclic) bond motifs is 1. The highest BCUT2D eigenvalue weighted by atomic mass is 16.5. The van der Waals surface area contributed by atoms with Crippen LogP contribution in [-0.4, -0.2) is 22.3 Å². The summed E-state index contributed by atoms with van der Waals surface area (Å²) in [5.74, 6) is -0.232. The zero-order valence-electron chi connectivity index (χ0n) is 9.01. The van der Waals surface area contributed by atoms with Crippen molar-refractivity contribution in [1.29, 1.82) is 0 Å². The average molecular weight is 222 g/mol.